The molecule has 4 rings (SSSR count). The van der Waals surface area contributed by atoms with E-state index in [9.17, 15) is 9.59 Å². The number of anilines is 1. The van der Waals surface area contributed by atoms with Gasteiger partial charge in [-0.05, 0) is 43.2 Å². The highest BCUT2D eigenvalue weighted by Crippen LogP contribution is 2.31. The van der Waals surface area contributed by atoms with Crippen LogP contribution in [0, 0.1) is 0 Å². The fourth-order valence-corrected chi connectivity index (χ4v) is 3.83. The molecule has 7 nitrogen and oxygen atoms in total. The topological polar surface area (TPSA) is 87.3 Å². The van der Waals surface area contributed by atoms with Gasteiger partial charge in [0.2, 0.25) is 0 Å². The molecular formula is C23H24N4O3. The summed E-state index contributed by atoms with van der Waals surface area (Å²) >= 11 is 0. The number of aromatic nitrogens is 2. The van der Waals surface area contributed by atoms with Crippen molar-refractivity contribution in [3.8, 4) is 5.75 Å². The lowest BCUT2D eigenvalue weighted by molar-refractivity contribution is 0.0705. The number of methoxy groups -OCH3 is 1. The van der Waals surface area contributed by atoms with Crippen molar-refractivity contribution in [3.05, 3.63) is 77.6 Å². The summed E-state index contributed by atoms with van der Waals surface area (Å²) < 4.78 is 5.24. The Morgan fingerprint density at radius 3 is 2.73 bits per heavy atom. The van der Waals surface area contributed by atoms with Crippen LogP contribution in [0.2, 0.25) is 0 Å². The molecule has 1 aromatic heterocycles. The number of benzene rings is 2. The number of aromatic amines is 1. The Labute approximate surface area is 175 Å². The molecule has 0 saturated carbocycles. The minimum absolute atomic E-state index is 0.0204. The summed E-state index contributed by atoms with van der Waals surface area (Å²) in [5.41, 5.74) is 2.70. The average Bonchev–Trinajstić information content (AvgIpc) is 3.27. The SMILES string of the molecule is COc1cccc(C(=O)N2CCCC(c3[nH]ncc3NC(=O)c3ccccc3)C2)c1. The molecule has 2 aromatic carbocycles. The number of piperidine rings is 1. The number of nitrogens with one attached hydrogen (secondary N) is 2. The third-order valence-corrected chi connectivity index (χ3v) is 5.39. The van der Waals surface area contributed by atoms with Crippen LogP contribution < -0.4 is 10.1 Å². The van der Waals surface area contributed by atoms with E-state index in [1.54, 1.807) is 37.6 Å². The number of likely N-dealkylation sites (tertiary alicyclic amines) is 1. The van der Waals surface area contributed by atoms with Gasteiger partial charge in [-0.25, -0.2) is 0 Å². The first kappa shape index (κ1) is 19.7. The molecule has 0 bridgehead atoms. The van der Waals surface area contributed by atoms with Gasteiger partial charge in [-0.15, -0.1) is 0 Å². The number of carbonyl (C=O) groups is 2. The van der Waals surface area contributed by atoms with Gasteiger partial charge in [-0.2, -0.15) is 5.10 Å². The fourth-order valence-electron chi connectivity index (χ4n) is 3.83. The maximum atomic E-state index is 13.0. The number of ether oxygens (including phenoxy) is 1. The molecule has 0 radical (unpaired) electrons. The molecule has 0 aliphatic carbocycles. The first-order valence-corrected chi connectivity index (χ1v) is 9.98. The number of carbonyl (C=O) groups excluding carboxylic acids is 2. The molecule has 2 amide bonds. The average molecular weight is 404 g/mol. The molecule has 1 aliphatic rings. The van der Waals surface area contributed by atoms with E-state index in [0.717, 1.165) is 18.5 Å². The zero-order valence-electron chi connectivity index (χ0n) is 16.8. The van der Waals surface area contributed by atoms with Gasteiger partial charge in [-0.3, -0.25) is 14.7 Å². The van der Waals surface area contributed by atoms with Crippen LogP contribution >= 0.6 is 0 Å². The highest BCUT2D eigenvalue weighted by molar-refractivity contribution is 6.04. The maximum Gasteiger partial charge on any atom is 0.255 e. The monoisotopic (exact) mass is 404 g/mol. The molecular weight excluding hydrogens is 380 g/mol. The van der Waals surface area contributed by atoms with Crippen LogP contribution in [0.4, 0.5) is 5.69 Å². The second-order valence-corrected chi connectivity index (χ2v) is 7.34. The number of hydrogen-bond acceptors (Lipinski definition) is 4. The van der Waals surface area contributed by atoms with E-state index in [0.29, 0.717) is 35.7 Å². The van der Waals surface area contributed by atoms with Crippen molar-refractivity contribution in [2.24, 2.45) is 0 Å². The first-order chi connectivity index (χ1) is 14.7. The second kappa shape index (κ2) is 8.82. The van der Waals surface area contributed by atoms with E-state index in [4.69, 9.17) is 4.74 Å². The maximum absolute atomic E-state index is 13.0. The number of rotatable bonds is 5. The molecule has 7 heteroatoms. The van der Waals surface area contributed by atoms with Crippen LogP contribution in [0.5, 0.6) is 5.75 Å². The Morgan fingerprint density at radius 1 is 1.13 bits per heavy atom. The minimum atomic E-state index is -0.182. The van der Waals surface area contributed by atoms with Crippen molar-refractivity contribution >= 4 is 17.5 Å². The molecule has 1 saturated heterocycles. The van der Waals surface area contributed by atoms with Gasteiger partial charge >= 0.3 is 0 Å². The highest BCUT2D eigenvalue weighted by Gasteiger charge is 2.28. The van der Waals surface area contributed by atoms with Crippen LogP contribution in [-0.2, 0) is 0 Å². The van der Waals surface area contributed by atoms with E-state index in [1.807, 2.05) is 35.2 Å². The Hall–Kier alpha value is -3.61. The van der Waals surface area contributed by atoms with Gasteiger partial charge in [0, 0.05) is 30.1 Å². The van der Waals surface area contributed by atoms with Crippen LogP contribution in [0.15, 0.2) is 60.8 Å². The predicted octanol–water partition coefficient (Wildman–Crippen LogP) is 3.69. The lowest BCUT2D eigenvalue weighted by Crippen LogP contribution is -2.39. The van der Waals surface area contributed by atoms with E-state index < -0.39 is 0 Å². The molecule has 154 valence electrons. The molecule has 0 spiro atoms. The number of H-pyrrole nitrogens is 1. The largest absolute Gasteiger partial charge is 0.497 e. The molecule has 1 aliphatic heterocycles. The second-order valence-electron chi connectivity index (χ2n) is 7.34. The molecule has 1 unspecified atom stereocenters. The zero-order chi connectivity index (χ0) is 20.9. The van der Waals surface area contributed by atoms with Crippen LogP contribution in [-0.4, -0.2) is 47.1 Å². The predicted molar refractivity (Wildman–Crippen MR) is 114 cm³/mol. The van der Waals surface area contributed by atoms with E-state index in [1.165, 1.54) is 0 Å². The Kier molecular flexibility index (Phi) is 5.79. The van der Waals surface area contributed by atoms with Crippen molar-refractivity contribution in [1.82, 2.24) is 15.1 Å². The van der Waals surface area contributed by atoms with Crippen LogP contribution in [0.1, 0.15) is 45.2 Å². The van der Waals surface area contributed by atoms with Gasteiger partial charge in [0.05, 0.1) is 24.7 Å². The van der Waals surface area contributed by atoms with Crippen molar-refractivity contribution in [2.45, 2.75) is 18.8 Å². The lowest BCUT2D eigenvalue weighted by Gasteiger charge is -2.32. The number of nitrogens with zero attached hydrogens (tertiary/aromatic N) is 2. The highest BCUT2D eigenvalue weighted by atomic mass is 16.5. The van der Waals surface area contributed by atoms with E-state index >= 15 is 0 Å². The summed E-state index contributed by atoms with van der Waals surface area (Å²) in [6, 6.07) is 16.3. The Bertz CT molecular complexity index is 1030. The van der Waals surface area contributed by atoms with Gasteiger partial charge in [0.1, 0.15) is 5.75 Å². The molecule has 1 fully saturated rings. The number of amides is 2. The first-order valence-electron chi connectivity index (χ1n) is 9.98. The van der Waals surface area contributed by atoms with Crippen molar-refractivity contribution in [2.75, 3.05) is 25.5 Å². The van der Waals surface area contributed by atoms with Crippen molar-refractivity contribution in [3.63, 3.8) is 0 Å². The summed E-state index contributed by atoms with van der Waals surface area (Å²) in [7, 11) is 1.59. The summed E-state index contributed by atoms with van der Waals surface area (Å²) in [5.74, 6) is 0.530. The smallest absolute Gasteiger partial charge is 0.255 e. The molecule has 2 N–H and O–H groups in total. The lowest BCUT2D eigenvalue weighted by atomic mass is 9.93. The third kappa shape index (κ3) is 4.20. The van der Waals surface area contributed by atoms with E-state index in [-0.39, 0.29) is 17.7 Å². The normalized spacial score (nSPS) is 16.2. The van der Waals surface area contributed by atoms with Gasteiger partial charge in [-0.1, -0.05) is 24.3 Å². The Balaban J connectivity index is 1.48. The third-order valence-electron chi connectivity index (χ3n) is 5.39. The zero-order valence-corrected chi connectivity index (χ0v) is 16.8. The van der Waals surface area contributed by atoms with Crippen molar-refractivity contribution in [1.29, 1.82) is 0 Å². The van der Waals surface area contributed by atoms with Gasteiger partial charge in [0.25, 0.3) is 11.8 Å². The van der Waals surface area contributed by atoms with Crippen LogP contribution in [0.25, 0.3) is 0 Å². The van der Waals surface area contributed by atoms with Gasteiger partial charge < -0.3 is 15.0 Å². The van der Waals surface area contributed by atoms with Crippen LogP contribution in [0.3, 0.4) is 0 Å². The summed E-state index contributed by atoms with van der Waals surface area (Å²) in [5, 5.41) is 10.1. The molecule has 30 heavy (non-hydrogen) atoms. The molecule has 1 atom stereocenters. The Morgan fingerprint density at radius 2 is 1.93 bits per heavy atom. The molecule has 3 aromatic rings. The minimum Gasteiger partial charge on any atom is -0.497 e. The fraction of sp³-hybridized carbons (Fsp3) is 0.261. The summed E-state index contributed by atoms with van der Waals surface area (Å²) in [6.45, 7) is 1.26. The number of hydrogen-bond donors (Lipinski definition) is 2. The summed E-state index contributed by atoms with van der Waals surface area (Å²) in [4.78, 5) is 27.4. The summed E-state index contributed by atoms with van der Waals surface area (Å²) in [6.07, 6.45) is 3.42. The van der Waals surface area contributed by atoms with Crippen molar-refractivity contribution < 1.29 is 14.3 Å². The van der Waals surface area contributed by atoms with E-state index in [2.05, 4.69) is 15.5 Å². The standard InChI is InChI=1S/C23H24N4O3/c1-30-19-11-5-9-17(13-19)23(29)27-12-6-10-18(15-27)21-20(14-24-26-21)25-22(28)16-7-3-2-4-8-16/h2-5,7-9,11,13-14,18H,6,10,12,15H2,1H3,(H,24,26)(H,25,28). The van der Waals surface area contributed by atoms with Gasteiger partial charge in [0.15, 0.2) is 0 Å². The molecule has 2 heterocycles. The quantitative estimate of drug-likeness (QED) is 0.679.